The van der Waals surface area contributed by atoms with Crippen LogP contribution in [-0.4, -0.2) is 16.0 Å². The first-order chi connectivity index (χ1) is 10.7. The number of hydrogen-bond acceptors (Lipinski definition) is 3. The third-order valence-electron chi connectivity index (χ3n) is 3.65. The first-order valence-corrected chi connectivity index (χ1v) is 6.79. The second-order valence-corrected chi connectivity index (χ2v) is 5.06. The molecule has 1 aromatic carbocycles. The number of carbonyl (C=O) groups excluding carboxylic acids is 1. The molecule has 0 bridgehead atoms. The van der Waals surface area contributed by atoms with Crippen LogP contribution in [0.25, 0.3) is 22.2 Å². The Balaban J connectivity index is 1.89. The molecule has 0 unspecified atom stereocenters. The number of aromatic nitrogens is 2. The molecule has 2 aromatic heterocycles. The van der Waals surface area contributed by atoms with Crippen molar-refractivity contribution in [2.24, 2.45) is 0 Å². The molecule has 0 spiro atoms. The minimum atomic E-state index is -0.416. The molecule has 0 saturated carbocycles. The highest BCUT2D eigenvalue weighted by atomic mass is 19.1. The predicted octanol–water partition coefficient (Wildman–Crippen LogP) is 3.07. The SMILES string of the molecule is O=C1NCc2ccc(-c3ccnc4cc(F)cnc34)cc2N1. The Bertz CT molecular complexity index is 910. The molecular weight excluding hydrogens is 283 g/mol. The molecule has 0 fully saturated rings. The van der Waals surface area contributed by atoms with Gasteiger partial charge in [0.2, 0.25) is 0 Å². The second-order valence-electron chi connectivity index (χ2n) is 5.06. The molecule has 1 aliphatic rings. The van der Waals surface area contributed by atoms with E-state index >= 15 is 0 Å². The number of rotatable bonds is 1. The molecule has 3 heterocycles. The average molecular weight is 294 g/mol. The maximum atomic E-state index is 13.3. The van der Waals surface area contributed by atoms with Crippen molar-refractivity contribution in [3.63, 3.8) is 0 Å². The summed E-state index contributed by atoms with van der Waals surface area (Å²) in [5.41, 5.74) is 4.66. The third kappa shape index (κ3) is 2.05. The first-order valence-electron chi connectivity index (χ1n) is 6.79. The van der Waals surface area contributed by atoms with Gasteiger partial charge in [0.05, 0.1) is 17.2 Å². The standard InChI is InChI=1S/C16H11FN4O/c17-11-6-14-15(19-8-11)12(3-4-18-14)9-1-2-10-7-20-16(22)21-13(10)5-9/h1-6,8H,7H2,(H2,20,21,22). The van der Waals surface area contributed by atoms with Gasteiger partial charge in [-0.1, -0.05) is 12.1 Å². The minimum absolute atomic E-state index is 0.218. The Kier molecular flexibility index (Phi) is 2.75. The van der Waals surface area contributed by atoms with Crippen molar-refractivity contribution in [2.75, 3.05) is 5.32 Å². The van der Waals surface area contributed by atoms with Crippen molar-refractivity contribution in [1.82, 2.24) is 15.3 Å². The number of hydrogen-bond donors (Lipinski definition) is 2. The number of urea groups is 1. The molecule has 4 rings (SSSR count). The minimum Gasteiger partial charge on any atom is -0.334 e. The number of benzene rings is 1. The lowest BCUT2D eigenvalue weighted by atomic mass is 10.0. The van der Waals surface area contributed by atoms with Crippen LogP contribution in [0.15, 0.2) is 42.7 Å². The van der Waals surface area contributed by atoms with E-state index in [4.69, 9.17) is 0 Å². The molecule has 5 nitrogen and oxygen atoms in total. The molecule has 108 valence electrons. The molecule has 0 radical (unpaired) electrons. The van der Waals surface area contributed by atoms with Crippen LogP contribution in [0, 0.1) is 5.82 Å². The smallest absolute Gasteiger partial charge is 0.319 e. The maximum absolute atomic E-state index is 13.3. The van der Waals surface area contributed by atoms with Gasteiger partial charge in [0, 0.05) is 30.1 Å². The van der Waals surface area contributed by atoms with Crippen LogP contribution >= 0.6 is 0 Å². The lowest BCUT2D eigenvalue weighted by molar-refractivity contribution is 0.251. The molecular formula is C16H11FN4O. The van der Waals surface area contributed by atoms with E-state index in [0.717, 1.165) is 22.4 Å². The van der Waals surface area contributed by atoms with Gasteiger partial charge in [-0.05, 0) is 23.3 Å². The topological polar surface area (TPSA) is 66.9 Å². The van der Waals surface area contributed by atoms with Crippen LogP contribution in [0.5, 0.6) is 0 Å². The summed E-state index contributed by atoms with van der Waals surface area (Å²) in [4.78, 5) is 19.7. The second kappa shape index (κ2) is 4.77. The largest absolute Gasteiger partial charge is 0.334 e. The fourth-order valence-corrected chi connectivity index (χ4v) is 2.60. The number of anilines is 1. The van der Waals surface area contributed by atoms with Gasteiger partial charge >= 0.3 is 6.03 Å². The lowest BCUT2D eigenvalue weighted by Gasteiger charge is -2.19. The Hall–Kier alpha value is -3.02. The summed E-state index contributed by atoms with van der Waals surface area (Å²) in [7, 11) is 0. The van der Waals surface area contributed by atoms with Gasteiger partial charge in [0.15, 0.2) is 0 Å². The summed E-state index contributed by atoms with van der Waals surface area (Å²) >= 11 is 0. The fourth-order valence-electron chi connectivity index (χ4n) is 2.60. The molecule has 2 amide bonds. The van der Waals surface area contributed by atoms with Gasteiger partial charge in [-0.15, -0.1) is 0 Å². The normalized spacial score (nSPS) is 13.4. The number of fused-ring (bicyclic) bond motifs is 2. The van der Waals surface area contributed by atoms with Crippen LogP contribution in [0.3, 0.4) is 0 Å². The number of nitrogens with one attached hydrogen (secondary N) is 2. The zero-order chi connectivity index (χ0) is 15.1. The van der Waals surface area contributed by atoms with Crippen molar-refractivity contribution < 1.29 is 9.18 Å². The van der Waals surface area contributed by atoms with E-state index in [1.165, 1.54) is 12.3 Å². The summed E-state index contributed by atoms with van der Waals surface area (Å²) in [6, 6.07) is 8.77. The van der Waals surface area contributed by atoms with E-state index < -0.39 is 5.82 Å². The molecule has 2 N–H and O–H groups in total. The van der Waals surface area contributed by atoms with Crippen molar-refractivity contribution in [3.05, 3.63) is 54.1 Å². The van der Waals surface area contributed by atoms with Crippen molar-refractivity contribution in [2.45, 2.75) is 6.54 Å². The van der Waals surface area contributed by atoms with Gasteiger partial charge < -0.3 is 10.6 Å². The lowest BCUT2D eigenvalue weighted by Crippen LogP contribution is -2.33. The Morgan fingerprint density at radius 1 is 1.14 bits per heavy atom. The quantitative estimate of drug-likeness (QED) is 0.725. The van der Waals surface area contributed by atoms with Gasteiger partial charge in [0.1, 0.15) is 5.82 Å². The summed E-state index contributed by atoms with van der Waals surface area (Å²) < 4.78 is 13.3. The van der Waals surface area contributed by atoms with Crippen LogP contribution in [0.1, 0.15) is 5.56 Å². The summed E-state index contributed by atoms with van der Waals surface area (Å²) in [5, 5.41) is 5.50. The van der Waals surface area contributed by atoms with Crippen molar-refractivity contribution >= 4 is 22.8 Å². The highest BCUT2D eigenvalue weighted by Gasteiger charge is 2.15. The molecule has 0 aliphatic carbocycles. The van der Waals surface area contributed by atoms with E-state index in [2.05, 4.69) is 20.6 Å². The predicted molar refractivity (Wildman–Crippen MR) is 80.8 cm³/mol. The summed E-state index contributed by atoms with van der Waals surface area (Å²) in [6.45, 7) is 0.502. The van der Waals surface area contributed by atoms with Gasteiger partial charge in [-0.2, -0.15) is 0 Å². The van der Waals surface area contributed by atoms with E-state index in [1.54, 1.807) is 6.20 Å². The van der Waals surface area contributed by atoms with E-state index in [0.29, 0.717) is 17.6 Å². The Morgan fingerprint density at radius 3 is 2.95 bits per heavy atom. The van der Waals surface area contributed by atoms with Crippen LogP contribution < -0.4 is 10.6 Å². The van der Waals surface area contributed by atoms with Crippen LogP contribution in [0.4, 0.5) is 14.9 Å². The Morgan fingerprint density at radius 2 is 2.05 bits per heavy atom. The molecule has 0 atom stereocenters. The number of pyridine rings is 2. The third-order valence-corrected chi connectivity index (χ3v) is 3.65. The molecule has 6 heteroatoms. The number of carbonyl (C=O) groups is 1. The van der Waals surface area contributed by atoms with Crippen molar-refractivity contribution in [1.29, 1.82) is 0 Å². The highest BCUT2D eigenvalue weighted by Crippen LogP contribution is 2.30. The van der Waals surface area contributed by atoms with E-state index in [1.807, 2.05) is 24.3 Å². The first kappa shape index (κ1) is 12.7. The Labute approximate surface area is 125 Å². The summed E-state index contributed by atoms with van der Waals surface area (Å²) in [5.74, 6) is -0.416. The van der Waals surface area contributed by atoms with Gasteiger partial charge in [-0.3, -0.25) is 9.97 Å². The monoisotopic (exact) mass is 294 g/mol. The zero-order valence-electron chi connectivity index (χ0n) is 11.4. The fraction of sp³-hybridized carbons (Fsp3) is 0.0625. The molecule has 22 heavy (non-hydrogen) atoms. The average Bonchev–Trinajstić information content (AvgIpc) is 2.53. The molecule has 3 aromatic rings. The summed E-state index contributed by atoms with van der Waals surface area (Å²) in [6.07, 6.45) is 2.80. The van der Waals surface area contributed by atoms with Crippen LogP contribution in [-0.2, 0) is 6.54 Å². The zero-order valence-corrected chi connectivity index (χ0v) is 11.4. The van der Waals surface area contributed by atoms with Gasteiger partial charge in [-0.25, -0.2) is 9.18 Å². The van der Waals surface area contributed by atoms with Crippen molar-refractivity contribution in [3.8, 4) is 11.1 Å². The van der Waals surface area contributed by atoms with E-state index in [9.17, 15) is 9.18 Å². The molecule has 0 saturated heterocycles. The maximum Gasteiger partial charge on any atom is 0.319 e. The van der Waals surface area contributed by atoms with Crippen LogP contribution in [0.2, 0.25) is 0 Å². The highest BCUT2D eigenvalue weighted by molar-refractivity contribution is 5.95. The number of halogens is 1. The number of amides is 2. The van der Waals surface area contributed by atoms with E-state index in [-0.39, 0.29) is 6.03 Å². The van der Waals surface area contributed by atoms with Gasteiger partial charge in [0.25, 0.3) is 0 Å². The molecule has 1 aliphatic heterocycles. The number of nitrogens with zero attached hydrogens (tertiary/aromatic N) is 2.